The number of nitrogens with zero attached hydrogens (tertiary/aromatic N) is 3. The molecule has 1 N–H and O–H groups in total. The first-order chi connectivity index (χ1) is 12.7. The van der Waals surface area contributed by atoms with E-state index in [1.807, 2.05) is 0 Å². The minimum atomic E-state index is -4.05. The molecule has 0 aliphatic rings. The molecule has 1 aromatic heterocycles. The van der Waals surface area contributed by atoms with Crippen LogP contribution >= 0.6 is 11.6 Å². The largest absolute Gasteiger partial charge is 0.270 e. The molecular weight excluding hydrogens is 399 g/mol. The molecule has 0 saturated heterocycles. The number of hydrogen-bond donors (Lipinski definition) is 1. The maximum atomic E-state index is 13.1. The SMILES string of the molecule is O=[N+]([O-])c1cccc(S(=O)(=O)Nc2ccn(Cc3ccc(F)cc3Cl)n2)c1. The Morgan fingerprint density at radius 3 is 2.70 bits per heavy atom. The average Bonchev–Trinajstić information content (AvgIpc) is 3.04. The van der Waals surface area contributed by atoms with Crippen LogP contribution in [0.4, 0.5) is 15.9 Å². The maximum Gasteiger partial charge on any atom is 0.270 e. The normalized spacial score (nSPS) is 11.3. The summed E-state index contributed by atoms with van der Waals surface area (Å²) in [6.07, 6.45) is 1.52. The predicted molar refractivity (Wildman–Crippen MR) is 96.6 cm³/mol. The molecule has 0 aliphatic heterocycles. The van der Waals surface area contributed by atoms with Crippen molar-refractivity contribution in [3.8, 4) is 0 Å². The number of sulfonamides is 1. The molecule has 0 aliphatic carbocycles. The van der Waals surface area contributed by atoms with Gasteiger partial charge in [0.1, 0.15) is 5.82 Å². The van der Waals surface area contributed by atoms with Crippen molar-refractivity contribution in [1.82, 2.24) is 9.78 Å². The van der Waals surface area contributed by atoms with Crippen molar-refractivity contribution in [2.24, 2.45) is 0 Å². The van der Waals surface area contributed by atoms with E-state index in [1.165, 1.54) is 53.3 Å². The van der Waals surface area contributed by atoms with Gasteiger partial charge in [-0.1, -0.05) is 23.7 Å². The average molecular weight is 411 g/mol. The maximum absolute atomic E-state index is 13.1. The number of nitrogens with one attached hydrogen (secondary N) is 1. The van der Waals surface area contributed by atoms with Gasteiger partial charge in [-0.15, -0.1) is 0 Å². The highest BCUT2D eigenvalue weighted by Gasteiger charge is 2.19. The van der Waals surface area contributed by atoms with Crippen molar-refractivity contribution in [2.45, 2.75) is 11.4 Å². The van der Waals surface area contributed by atoms with Crippen LogP contribution in [0.1, 0.15) is 5.56 Å². The highest BCUT2D eigenvalue weighted by molar-refractivity contribution is 7.92. The number of non-ortho nitro benzene ring substituents is 1. The standard InChI is InChI=1S/C16H12ClFN4O4S/c17-15-8-12(18)5-4-11(15)10-21-7-6-16(19-21)20-27(25,26)14-3-1-2-13(9-14)22(23)24/h1-9H,10H2,(H,19,20). The zero-order chi connectivity index (χ0) is 19.6. The lowest BCUT2D eigenvalue weighted by molar-refractivity contribution is -0.385. The van der Waals surface area contributed by atoms with Gasteiger partial charge in [-0.25, -0.2) is 12.8 Å². The smallest absolute Gasteiger partial charge is 0.266 e. The van der Waals surface area contributed by atoms with Gasteiger partial charge in [-0.3, -0.25) is 19.5 Å². The lowest BCUT2D eigenvalue weighted by atomic mass is 10.2. The Labute approximate surface area is 158 Å². The predicted octanol–water partition coefficient (Wildman–Crippen LogP) is 3.43. The van der Waals surface area contributed by atoms with E-state index < -0.39 is 20.8 Å². The number of nitro benzene ring substituents is 1. The molecule has 140 valence electrons. The van der Waals surface area contributed by atoms with Crippen molar-refractivity contribution in [3.05, 3.63) is 81.2 Å². The van der Waals surface area contributed by atoms with Crippen molar-refractivity contribution < 1.29 is 17.7 Å². The first-order valence-corrected chi connectivity index (χ1v) is 9.35. The summed E-state index contributed by atoms with van der Waals surface area (Å²) in [6, 6.07) is 10.0. The number of rotatable bonds is 6. The third-order valence-corrected chi connectivity index (χ3v) is 5.27. The molecular formula is C16H12ClFN4O4S. The molecule has 0 radical (unpaired) electrons. The molecule has 3 aromatic rings. The van der Waals surface area contributed by atoms with E-state index in [9.17, 15) is 22.9 Å². The lowest BCUT2D eigenvalue weighted by Crippen LogP contribution is -2.14. The molecule has 3 rings (SSSR count). The summed E-state index contributed by atoms with van der Waals surface area (Å²) < 4.78 is 41.5. The van der Waals surface area contributed by atoms with Gasteiger partial charge in [-0.2, -0.15) is 5.10 Å². The van der Waals surface area contributed by atoms with E-state index in [-0.39, 0.29) is 28.0 Å². The van der Waals surface area contributed by atoms with Crippen molar-refractivity contribution in [1.29, 1.82) is 0 Å². The monoisotopic (exact) mass is 410 g/mol. The number of hydrogen-bond acceptors (Lipinski definition) is 5. The van der Waals surface area contributed by atoms with Crippen molar-refractivity contribution >= 4 is 33.1 Å². The van der Waals surface area contributed by atoms with Crippen LogP contribution in [0.15, 0.2) is 59.6 Å². The molecule has 0 amide bonds. The quantitative estimate of drug-likeness (QED) is 0.494. The molecule has 0 saturated carbocycles. The summed E-state index contributed by atoms with van der Waals surface area (Å²) in [4.78, 5) is 9.87. The van der Waals surface area contributed by atoms with Gasteiger partial charge in [-0.05, 0) is 23.8 Å². The number of nitro groups is 1. The van der Waals surface area contributed by atoms with E-state index in [0.29, 0.717) is 5.56 Å². The van der Waals surface area contributed by atoms with Crippen LogP contribution in [0.2, 0.25) is 5.02 Å². The third-order valence-electron chi connectivity index (χ3n) is 3.57. The van der Waals surface area contributed by atoms with Gasteiger partial charge in [0.25, 0.3) is 15.7 Å². The molecule has 11 heteroatoms. The zero-order valence-electron chi connectivity index (χ0n) is 13.5. The molecule has 0 spiro atoms. The summed E-state index contributed by atoms with van der Waals surface area (Å²) in [5.74, 6) is -0.436. The first kappa shape index (κ1) is 18.8. The molecule has 0 bridgehead atoms. The number of benzene rings is 2. The minimum absolute atomic E-state index is 0.0275. The molecule has 0 atom stereocenters. The summed E-state index contributed by atoms with van der Waals surface area (Å²) in [5.41, 5.74) is 0.267. The van der Waals surface area contributed by atoms with Crippen LogP contribution in [0.3, 0.4) is 0 Å². The van der Waals surface area contributed by atoms with E-state index in [4.69, 9.17) is 11.6 Å². The minimum Gasteiger partial charge on any atom is -0.266 e. The van der Waals surface area contributed by atoms with Gasteiger partial charge in [0, 0.05) is 29.4 Å². The summed E-state index contributed by atoms with van der Waals surface area (Å²) in [6.45, 7) is 0.206. The number of anilines is 1. The Kier molecular flexibility index (Phi) is 5.10. The Balaban J connectivity index is 1.78. The van der Waals surface area contributed by atoms with Crippen molar-refractivity contribution in [2.75, 3.05) is 4.72 Å². The van der Waals surface area contributed by atoms with Gasteiger partial charge in [0.15, 0.2) is 5.82 Å². The fourth-order valence-corrected chi connectivity index (χ4v) is 3.55. The third kappa shape index (κ3) is 4.41. The lowest BCUT2D eigenvalue weighted by Gasteiger charge is -2.06. The fraction of sp³-hybridized carbons (Fsp3) is 0.0625. The summed E-state index contributed by atoms with van der Waals surface area (Å²) in [7, 11) is -4.05. The van der Waals surface area contributed by atoms with Crippen LogP contribution in [-0.4, -0.2) is 23.1 Å². The molecule has 0 fully saturated rings. The number of halogens is 2. The molecule has 2 aromatic carbocycles. The van der Waals surface area contributed by atoms with Gasteiger partial charge in [0.05, 0.1) is 16.4 Å². The van der Waals surface area contributed by atoms with Gasteiger partial charge >= 0.3 is 0 Å². The molecule has 0 unspecified atom stereocenters. The molecule has 27 heavy (non-hydrogen) atoms. The van der Waals surface area contributed by atoms with E-state index in [2.05, 4.69) is 9.82 Å². The Hall–Kier alpha value is -2.98. The van der Waals surface area contributed by atoms with E-state index in [0.717, 1.165) is 6.07 Å². The summed E-state index contributed by atoms with van der Waals surface area (Å²) in [5, 5.41) is 15.1. The highest BCUT2D eigenvalue weighted by Crippen LogP contribution is 2.21. The second-order valence-electron chi connectivity index (χ2n) is 5.49. The molecule has 1 heterocycles. The van der Waals surface area contributed by atoms with Crippen LogP contribution < -0.4 is 4.72 Å². The van der Waals surface area contributed by atoms with E-state index in [1.54, 1.807) is 0 Å². The van der Waals surface area contributed by atoms with Crippen LogP contribution in [0, 0.1) is 15.9 Å². The van der Waals surface area contributed by atoms with Crippen LogP contribution in [0.25, 0.3) is 0 Å². The highest BCUT2D eigenvalue weighted by atomic mass is 35.5. The van der Waals surface area contributed by atoms with Crippen molar-refractivity contribution in [3.63, 3.8) is 0 Å². The summed E-state index contributed by atoms with van der Waals surface area (Å²) >= 11 is 5.97. The van der Waals surface area contributed by atoms with Gasteiger partial charge in [0.2, 0.25) is 0 Å². The Bertz CT molecular complexity index is 1120. The zero-order valence-corrected chi connectivity index (χ0v) is 15.1. The Morgan fingerprint density at radius 1 is 1.22 bits per heavy atom. The topological polar surface area (TPSA) is 107 Å². The second-order valence-corrected chi connectivity index (χ2v) is 7.58. The van der Waals surface area contributed by atoms with Crippen LogP contribution in [-0.2, 0) is 16.6 Å². The van der Waals surface area contributed by atoms with Gasteiger partial charge < -0.3 is 0 Å². The Morgan fingerprint density at radius 2 is 2.00 bits per heavy atom. The van der Waals surface area contributed by atoms with Crippen LogP contribution in [0.5, 0.6) is 0 Å². The first-order valence-electron chi connectivity index (χ1n) is 7.49. The van der Waals surface area contributed by atoms with E-state index >= 15 is 0 Å². The molecule has 8 nitrogen and oxygen atoms in total. The fourth-order valence-electron chi connectivity index (χ4n) is 2.29. The number of aromatic nitrogens is 2. The second kappa shape index (κ2) is 7.33.